The standard InChI is InChI=1S/C13H26N2O/c1-11(2)15-8-5-12(9-15)14-10-13(16)6-3-4-7-13/h11-12,14,16H,3-10H2,1-2H3. The van der Waals surface area contributed by atoms with Crippen molar-refractivity contribution < 1.29 is 5.11 Å². The van der Waals surface area contributed by atoms with Gasteiger partial charge in [0.05, 0.1) is 5.60 Å². The molecule has 1 atom stereocenters. The van der Waals surface area contributed by atoms with Crippen LogP contribution in [0.15, 0.2) is 0 Å². The quantitative estimate of drug-likeness (QED) is 0.760. The molecule has 1 saturated carbocycles. The molecule has 0 aromatic heterocycles. The summed E-state index contributed by atoms with van der Waals surface area (Å²) in [5.41, 5.74) is -0.398. The Kier molecular flexibility index (Phi) is 3.88. The molecule has 2 aliphatic rings. The molecule has 2 fully saturated rings. The Morgan fingerprint density at radius 1 is 1.38 bits per heavy atom. The summed E-state index contributed by atoms with van der Waals surface area (Å²) in [5.74, 6) is 0. The van der Waals surface area contributed by atoms with Crippen LogP contribution in [0.5, 0.6) is 0 Å². The molecule has 1 aliphatic carbocycles. The minimum Gasteiger partial charge on any atom is -0.389 e. The van der Waals surface area contributed by atoms with Crippen molar-refractivity contribution in [1.82, 2.24) is 10.2 Å². The summed E-state index contributed by atoms with van der Waals surface area (Å²) >= 11 is 0. The van der Waals surface area contributed by atoms with Crippen molar-refractivity contribution in [3.8, 4) is 0 Å². The number of nitrogens with one attached hydrogen (secondary N) is 1. The van der Waals surface area contributed by atoms with Gasteiger partial charge in [-0.15, -0.1) is 0 Å². The Balaban J connectivity index is 1.71. The number of hydrogen-bond acceptors (Lipinski definition) is 3. The molecule has 0 aromatic carbocycles. The molecule has 2 rings (SSSR count). The lowest BCUT2D eigenvalue weighted by molar-refractivity contribution is 0.0450. The van der Waals surface area contributed by atoms with Gasteiger partial charge in [-0.2, -0.15) is 0 Å². The van der Waals surface area contributed by atoms with Crippen molar-refractivity contribution >= 4 is 0 Å². The van der Waals surface area contributed by atoms with Crippen LogP contribution in [0.1, 0.15) is 46.0 Å². The molecule has 1 aliphatic heterocycles. The van der Waals surface area contributed by atoms with Crippen molar-refractivity contribution in [1.29, 1.82) is 0 Å². The fourth-order valence-corrected chi connectivity index (χ4v) is 2.97. The molecular formula is C13H26N2O. The summed E-state index contributed by atoms with van der Waals surface area (Å²) in [7, 11) is 0. The largest absolute Gasteiger partial charge is 0.389 e. The molecule has 0 radical (unpaired) electrons. The van der Waals surface area contributed by atoms with Gasteiger partial charge in [0, 0.05) is 25.2 Å². The van der Waals surface area contributed by atoms with Crippen LogP contribution in [-0.2, 0) is 0 Å². The Morgan fingerprint density at radius 2 is 2.06 bits per heavy atom. The maximum Gasteiger partial charge on any atom is 0.0771 e. The molecule has 2 N–H and O–H groups in total. The van der Waals surface area contributed by atoms with Crippen LogP contribution in [0.2, 0.25) is 0 Å². The van der Waals surface area contributed by atoms with Crippen LogP contribution < -0.4 is 5.32 Å². The summed E-state index contributed by atoms with van der Waals surface area (Å²) in [6, 6.07) is 1.24. The molecule has 1 heterocycles. The van der Waals surface area contributed by atoms with Gasteiger partial charge in [0.2, 0.25) is 0 Å². The third kappa shape index (κ3) is 2.96. The van der Waals surface area contributed by atoms with Gasteiger partial charge >= 0.3 is 0 Å². The molecular weight excluding hydrogens is 200 g/mol. The average molecular weight is 226 g/mol. The molecule has 0 spiro atoms. The maximum absolute atomic E-state index is 10.3. The highest BCUT2D eigenvalue weighted by molar-refractivity contribution is 4.90. The van der Waals surface area contributed by atoms with Gasteiger partial charge in [-0.25, -0.2) is 0 Å². The molecule has 3 heteroatoms. The smallest absolute Gasteiger partial charge is 0.0771 e. The fourth-order valence-electron chi connectivity index (χ4n) is 2.97. The first-order valence-electron chi connectivity index (χ1n) is 6.79. The van der Waals surface area contributed by atoms with E-state index in [-0.39, 0.29) is 0 Å². The zero-order chi connectivity index (χ0) is 11.6. The molecule has 3 nitrogen and oxygen atoms in total. The van der Waals surface area contributed by atoms with E-state index in [0.29, 0.717) is 12.1 Å². The Bertz CT molecular complexity index is 224. The van der Waals surface area contributed by atoms with Crippen LogP contribution in [0.3, 0.4) is 0 Å². The topological polar surface area (TPSA) is 35.5 Å². The van der Waals surface area contributed by atoms with Gasteiger partial charge in [0.25, 0.3) is 0 Å². The lowest BCUT2D eigenvalue weighted by Crippen LogP contribution is -2.44. The summed E-state index contributed by atoms with van der Waals surface area (Å²) in [5, 5.41) is 13.8. The highest BCUT2D eigenvalue weighted by Gasteiger charge is 2.32. The highest BCUT2D eigenvalue weighted by Crippen LogP contribution is 2.29. The zero-order valence-electron chi connectivity index (χ0n) is 10.7. The summed E-state index contributed by atoms with van der Waals surface area (Å²) in [6.07, 6.45) is 5.59. The zero-order valence-corrected chi connectivity index (χ0v) is 10.7. The minimum atomic E-state index is -0.398. The monoisotopic (exact) mass is 226 g/mol. The predicted octanol–water partition coefficient (Wildman–Crippen LogP) is 1.36. The lowest BCUT2D eigenvalue weighted by Gasteiger charge is -2.25. The highest BCUT2D eigenvalue weighted by atomic mass is 16.3. The normalized spacial score (nSPS) is 30.4. The van der Waals surface area contributed by atoms with Crippen LogP contribution in [0, 0.1) is 0 Å². The molecule has 1 saturated heterocycles. The first kappa shape index (κ1) is 12.3. The van der Waals surface area contributed by atoms with Crippen LogP contribution in [0.25, 0.3) is 0 Å². The molecule has 0 amide bonds. The van der Waals surface area contributed by atoms with E-state index in [4.69, 9.17) is 0 Å². The Labute approximate surface area is 99.2 Å². The average Bonchev–Trinajstić information content (AvgIpc) is 2.84. The second kappa shape index (κ2) is 5.03. The van der Waals surface area contributed by atoms with Crippen LogP contribution in [-0.4, -0.2) is 47.3 Å². The first-order chi connectivity index (χ1) is 7.59. The van der Waals surface area contributed by atoms with E-state index in [9.17, 15) is 5.11 Å². The first-order valence-corrected chi connectivity index (χ1v) is 6.79. The van der Waals surface area contributed by atoms with Crippen LogP contribution >= 0.6 is 0 Å². The third-order valence-corrected chi connectivity index (χ3v) is 4.20. The van der Waals surface area contributed by atoms with Gasteiger partial charge < -0.3 is 10.4 Å². The Morgan fingerprint density at radius 3 is 2.62 bits per heavy atom. The summed E-state index contributed by atoms with van der Waals surface area (Å²) in [6.45, 7) is 7.66. The predicted molar refractivity (Wildman–Crippen MR) is 66.5 cm³/mol. The number of nitrogens with zero attached hydrogens (tertiary/aromatic N) is 1. The van der Waals surface area contributed by atoms with Gasteiger partial charge in [-0.3, -0.25) is 4.90 Å². The number of aliphatic hydroxyl groups is 1. The van der Waals surface area contributed by atoms with E-state index >= 15 is 0 Å². The van der Waals surface area contributed by atoms with E-state index in [1.54, 1.807) is 0 Å². The second-order valence-corrected chi connectivity index (χ2v) is 5.89. The Hall–Kier alpha value is -0.120. The SMILES string of the molecule is CC(C)N1CCC(NCC2(O)CCCC2)C1. The summed E-state index contributed by atoms with van der Waals surface area (Å²) in [4.78, 5) is 2.51. The molecule has 0 bridgehead atoms. The van der Waals surface area contributed by atoms with Crippen LogP contribution in [0.4, 0.5) is 0 Å². The van der Waals surface area contributed by atoms with Crippen molar-refractivity contribution in [2.24, 2.45) is 0 Å². The van der Waals surface area contributed by atoms with E-state index in [0.717, 1.165) is 25.9 Å². The fraction of sp³-hybridized carbons (Fsp3) is 1.00. The number of likely N-dealkylation sites (tertiary alicyclic amines) is 1. The van der Waals surface area contributed by atoms with Gasteiger partial charge in [0.1, 0.15) is 0 Å². The van der Waals surface area contributed by atoms with Crippen molar-refractivity contribution in [2.75, 3.05) is 19.6 Å². The molecule has 0 aromatic rings. The van der Waals surface area contributed by atoms with E-state index in [1.165, 1.54) is 25.8 Å². The number of rotatable bonds is 4. The van der Waals surface area contributed by atoms with Gasteiger partial charge in [0.15, 0.2) is 0 Å². The van der Waals surface area contributed by atoms with Crippen molar-refractivity contribution in [3.63, 3.8) is 0 Å². The van der Waals surface area contributed by atoms with E-state index < -0.39 is 5.60 Å². The van der Waals surface area contributed by atoms with E-state index in [2.05, 4.69) is 24.1 Å². The minimum absolute atomic E-state index is 0.398. The number of hydrogen-bond donors (Lipinski definition) is 2. The second-order valence-electron chi connectivity index (χ2n) is 5.89. The maximum atomic E-state index is 10.3. The van der Waals surface area contributed by atoms with Crippen molar-refractivity contribution in [3.05, 3.63) is 0 Å². The lowest BCUT2D eigenvalue weighted by atomic mass is 10.0. The van der Waals surface area contributed by atoms with Gasteiger partial charge in [-0.1, -0.05) is 12.8 Å². The summed E-state index contributed by atoms with van der Waals surface area (Å²) < 4.78 is 0. The van der Waals surface area contributed by atoms with Crippen molar-refractivity contribution in [2.45, 2.75) is 63.6 Å². The molecule has 16 heavy (non-hydrogen) atoms. The van der Waals surface area contributed by atoms with E-state index in [1.807, 2.05) is 0 Å². The van der Waals surface area contributed by atoms with Gasteiger partial charge in [-0.05, 0) is 39.7 Å². The molecule has 1 unspecified atom stereocenters. The third-order valence-electron chi connectivity index (χ3n) is 4.20. The molecule has 94 valence electrons.